The molecule has 1 aliphatic heterocycles. The molecule has 0 saturated heterocycles. The number of rotatable bonds is 3. The van der Waals surface area contributed by atoms with E-state index in [9.17, 15) is 14.0 Å². The largest absolute Gasteiger partial charge is 0.511 e. The molecule has 2 aromatic heterocycles. The maximum atomic E-state index is 15.6. The fraction of sp³-hybridized carbons (Fsp3) is 0.250. The molecular formula is C20H15F2N3O4. The van der Waals surface area contributed by atoms with Crippen molar-refractivity contribution in [2.24, 2.45) is 0 Å². The lowest BCUT2D eigenvalue weighted by Crippen LogP contribution is -2.21. The van der Waals surface area contributed by atoms with Crippen LogP contribution in [0.2, 0.25) is 0 Å². The fourth-order valence-corrected chi connectivity index (χ4v) is 3.88. The molecule has 7 nitrogen and oxygen atoms in total. The second kappa shape index (κ2) is 6.26. The average Bonchev–Trinajstić information content (AvgIpc) is 3.43. The number of hydrogen-bond donors (Lipinski definition) is 1. The molecule has 5 rings (SSSR count). The van der Waals surface area contributed by atoms with E-state index in [4.69, 9.17) is 5.11 Å². The normalized spacial score (nSPS) is 15.6. The lowest BCUT2D eigenvalue weighted by molar-refractivity contribution is 0.143. The molecule has 0 bridgehead atoms. The van der Waals surface area contributed by atoms with Gasteiger partial charge in [-0.1, -0.05) is 0 Å². The van der Waals surface area contributed by atoms with E-state index in [-0.39, 0.29) is 22.6 Å². The average molecular weight is 399 g/mol. The molecular weight excluding hydrogens is 384 g/mol. The highest BCUT2D eigenvalue weighted by atomic mass is 19.1. The van der Waals surface area contributed by atoms with Gasteiger partial charge in [-0.15, -0.1) is 0 Å². The summed E-state index contributed by atoms with van der Waals surface area (Å²) in [6.45, 7) is 0.626. The van der Waals surface area contributed by atoms with Crippen molar-refractivity contribution in [1.82, 2.24) is 9.55 Å². The molecule has 1 aromatic carbocycles. The van der Waals surface area contributed by atoms with Gasteiger partial charge < -0.3 is 19.3 Å². The van der Waals surface area contributed by atoms with Gasteiger partial charge in [0.1, 0.15) is 11.5 Å². The molecule has 0 spiro atoms. The summed E-state index contributed by atoms with van der Waals surface area (Å²) in [6.07, 6.45) is 4.33. The van der Waals surface area contributed by atoms with Crippen LogP contribution in [0.15, 0.2) is 35.5 Å². The number of fused-ring (bicyclic) bond motifs is 2. The van der Waals surface area contributed by atoms with E-state index in [1.54, 1.807) is 17.3 Å². The minimum absolute atomic E-state index is 0.0410. The second-order valence-corrected chi connectivity index (χ2v) is 7.25. The van der Waals surface area contributed by atoms with Crippen LogP contribution in [0.4, 0.5) is 19.3 Å². The van der Waals surface area contributed by atoms with E-state index in [1.165, 1.54) is 10.8 Å². The molecule has 29 heavy (non-hydrogen) atoms. The first-order chi connectivity index (χ1) is 13.9. The lowest BCUT2D eigenvalue weighted by Gasteiger charge is -2.22. The fourth-order valence-electron chi connectivity index (χ4n) is 3.88. The third-order valence-electron chi connectivity index (χ3n) is 5.33. The molecule has 0 unspecified atom stereocenters. The smallest absolute Gasteiger partial charge is 0.449 e. The molecule has 148 valence electrons. The van der Waals surface area contributed by atoms with Gasteiger partial charge in [0.05, 0.1) is 17.1 Å². The van der Waals surface area contributed by atoms with Gasteiger partial charge in [-0.3, -0.25) is 9.78 Å². The maximum Gasteiger partial charge on any atom is 0.511 e. The van der Waals surface area contributed by atoms with Crippen molar-refractivity contribution in [2.75, 3.05) is 4.90 Å². The standard InChI is InChI=1S/C20H15F2N3O4/c21-14-5-13-17(25(12-1-2-12)9-15(19(13)26)29-20(27)28)16(22)18(14)24-7-10-3-4-23-6-11(10)8-24/h3-6,9,12H,1-2,7-8H2,(H,27,28). The molecule has 2 aliphatic rings. The Morgan fingerprint density at radius 1 is 1.24 bits per heavy atom. The van der Waals surface area contributed by atoms with E-state index in [0.29, 0.717) is 13.1 Å². The van der Waals surface area contributed by atoms with Crippen LogP contribution in [0.1, 0.15) is 30.0 Å². The molecule has 1 N–H and O–H groups in total. The Kier molecular flexibility index (Phi) is 3.80. The Labute approximate surface area is 162 Å². The van der Waals surface area contributed by atoms with Crippen molar-refractivity contribution in [1.29, 1.82) is 0 Å². The highest BCUT2D eigenvalue weighted by Crippen LogP contribution is 2.41. The SMILES string of the molecule is O=C(O)Oc1cn(C2CC2)c2c(F)c(N3Cc4ccncc4C3)c(F)cc2c1=O. The van der Waals surface area contributed by atoms with Crippen LogP contribution in [-0.4, -0.2) is 20.8 Å². The summed E-state index contributed by atoms with van der Waals surface area (Å²) in [7, 11) is 0. The van der Waals surface area contributed by atoms with Gasteiger partial charge in [-0.2, -0.15) is 0 Å². The van der Waals surface area contributed by atoms with Crippen molar-refractivity contribution in [3.8, 4) is 5.75 Å². The van der Waals surface area contributed by atoms with Crippen molar-refractivity contribution in [3.05, 3.63) is 63.7 Å². The third-order valence-corrected chi connectivity index (χ3v) is 5.33. The Morgan fingerprint density at radius 2 is 2.00 bits per heavy atom. The van der Waals surface area contributed by atoms with Crippen LogP contribution in [0.25, 0.3) is 10.9 Å². The van der Waals surface area contributed by atoms with Crippen molar-refractivity contribution < 1.29 is 23.4 Å². The van der Waals surface area contributed by atoms with E-state index < -0.39 is 29.0 Å². The van der Waals surface area contributed by atoms with Gasteiger partial charge >= 0.3 is 6.16 Å². The number of benzene rings is 1. The summed E-state index contributed by atoms with van der Waals surface area (Å²) < 4.78 is 36.6. The van der Waals surface area contributed by atoms with Gasteiger partial charge in [0, 0.05) is 31.5 Å². The monoisotopic (exact) mass is 399 g/mol. The quantitative estimate of drug-likeness (QED) is 0.678. The third kappa shape index (κ3) is 2.81. The summed E-state index contributed by atoms with van der Waals surface area (Å²) in [5.41, 5.74) is 0.701. The number of carbonyl (C=O) groups is 1. The molecule has 1 fully saturated rings. The van der Waals surface area contributed by atoms with E-state index >= 15 is 4.39 Å². The van der Waals surface area contributed by atoms with E-state index in [0.717, 1.165) is 30.0 Å². The zero-order valence-electron chi connectivity index (χ0n) is 15.1. The number of carboxylic acid groups (broad SMARTS) is 1. The first-order valence-corrected chi connectivity index (χ1v) is 9.08. The number of hydrogen-bond acceptors (Lipinski definition) is 5. The number of aromatic nitrogens is 2. The van der Waals surface area contributed by atoms with Crippen molar-refractivity contribution >= 4 is 22.7 Å². The van der Waals surface area contributed by atoms with E-state index in [2.05, 4.69) is 9.72 Å². The number of anilines is 1. The molecule has 3 heterocycles. The lowest BCUT2D eigenvalue weighted by atomic mass is 10.1. The first kappa shape index (κ1) is 17.6. The molecule has 1 aliphatic carbocycles. The summed E-state index contributed by atoms with van der Waals surface area (Å²) in [6, 6.07) is 2.68. The summed E-state index contributed by atoms with van der Waals surface area (Å²) in [4.78, 5) is 29.1. The molecule has 0 atom stereocenters. The minimum atomic E-state index is -1.66. The number of ether oxygens (including phenoxy) is 1. The van der Waals surface area contributed by atoms with Crippen molar-refractivity contribution in [3.63, 3.8) is 0 Å². The summed E-state index contributed by atoms with van der Waals surface area (Å²) in [5.74, 6) is -2.20. The number of pyridine rings is 2. The van der Waals surface area contributed by atoms with Gasteiger partial charge in [0.15, 0.2) is 11.6 Å². The van der Waals surface area contributed by atoms with Gasteiger partial charge in [-0.25, -0.2) is 13.6 Å². The van der Waals surface area contributed by atoms with Crippen LogP contribution in [-0.2, 0) is 13.1 Å². The summed E-state index contributed by atoms with van der Waals surface area (Å²) >= 11 is 0. The highest BCUT2D eigenvalue weighted by molar-refractivity contribution is 5.86. The van der Waals surface area contributed by atoms with Crippen molar-refractivity contribution in [2.45, 2.75) is 32.0 Å². The molecule has 0 amide bonds. The van der Waals surface area contributed by atoms with Gasteiger partial charge in [-0.05, 0) is 36.1 Å². The Morgan fingerprint density at radius 3 is 2.69 bits per heavy atom. The maximum absolute atomic E-state index is 15.6. The molecule has 0 radical (unpaired) electrons. The number of halogens is 2. The molecule has 1 saturated carbocycles. The minimum Gasteiger partial charge on any atom is -0.449 e. The Hall–Kier alpha value is -3.49. The summed E-state index contributed by atoms with van der Waals surface area (Å²) in [5, 5.41) is 8.62. The zero-order chi connectivity index (χ0) is 20.3. The first-order valence-electron chi connectivity index (χ1n) is 9.08. The highest BCUT2D eigenvalue weighted by Gasteiger charge is 2.32. The topological polar surface area (TPSA) is 84.7 Å². The van der Waals surface area contributed by atoms with Gasteiger partial charge in [0.25, 0.3) is 0 Å². The van der Waals surface area contributed by atoms with Crippen LogP contribution < -0.4 is 15.1 Å². The second-order valence-electron chi connectivity index (χ2n) is 7.25. The molecule has 3 aromatic rings. The predicted octanol–water partition coefficient (Wildman–Crippen LogP) is 3.59. The Balaban J connectivity index is 1.71. The van der Waals surface area contributed by atoms with Crippen LogP contribution in [0, 0.1) is 11.6 Å². The Bertz CT molecular complexity index is 1210. The van der Waals surface area contributed by atoms with E-state index in [1.807, 2.05) is 6.07 Å². The number of nitrogens with zero attached hydrogens (tertiary/aromatic N) is 3. The van der Waals surface area contributed by atoms with Crippen LogP contribution in [0.3, 0.4) is 0 Å². The zero-order valence-corrected chi connectivity index (χ0v) is 15.1. The molecule has 9 heteroatoms. The van der Waals surface area contributed by atoms with Crippen LogP contribution in [0.5, 0.6) is 5.75 Å². The predicted molar refractivity (Wildman–Crippen MR) is 99.2 cm³/mol. The van der Waals surface area contributed by atoms with Crippen LogP contribution >= 0.6 is 0 Å². The van der Waals surface area contributed by atoms with Gasteiger partial charge in [0.2, 0.25) is 5.43 Å².